The molecule has 1 unspecified atom stereocenters. The maximum Gasteiger partial charge on any atom is 0.416 e. The molecule has 0 aliphatic rings. The second kappa shape index (κ2) is 7.18. The zero-order valence-electron chi connectivity index (χ0n) is 15.0. The highest BCUT2D eigenvalue weighted by atomic mass is 19.4. The van der Waals surface area contributed by atoms with E-state index in [2.05, 4.69) is 5.32 Å². The van der Waals surface area contributed by atoms with Crippen LogP contribution in [0.4, 0.5) is 13.2 Å². The summed E-state index contributed by atoms with van der Waals surface area (Å²) >= 11 is 0. The van der Waals surface area contributed by atoms with Crippen LogP contribution < -0.4 is 11.1 Å². The van der Waals surface area contributed by atoms with Crippen molar-refractivity contribution in [2.75, 3.05) is 0 Å². The Morgan fingerprint density at radius 1 is 1.00 bits per heavy atom. The van der Waals surface area contributed by atoms with Crippen molar-refractivity contribution in [1.29, 1.82) is 0 Å². The van der Waals surface area contributed by atoms with Crippen LogP contribution in [0.1, 0.15) is 50.4 Å². The largest absolute Gasteiger partial charge is 0.416 e. The molecule has 0 saturated heterocycles. The molecule has 1 atom stereocenters. The van der Waals surface area contributed by atoms with E-state index in [1.807, 2.05) is 52.0 Å². The summed E-state index contributed by atoms with van der Waals surface area (Å²) < 4.78 is 39.5. The van der Waals surface area contributed by atoms with Gasteiger partial charge < -0.3 is 11.1 Å². The van der Waals surface area contributed by atoms with Gasteiger partial charge in [0.2, 0.25) is 0 Å². The third-order valence-electron chi connectivity index (χ3n) is 4.00. The number of nitrogens with one attached hydrogen (secondary N) is 1. The van der Waals surface area contributed by atoms with Crippen molar-refractivity contribution in [1.82, 2.24) is 5.32 Å². The summed E-state index contributed by atoms with van der Waals surface area (Å²) in [5.74, 6) is 0. The van der Waals surface area contributed by atoms with E-state index < -0.39 is 11.7 Å². The first-order valence-corrected chi connectivity index (χ1v) is 8.29. The lowest BCUT2D eigenvalue weighted by atomic mass is 9.91. The molecule has 0 spiro atoms. The minimum Gasteiger partial charge on any atom is -0.326 e. The summed E-state index contributed by atoms with van der Waals surface area (Å²) in [5.41, 5.74) is 8.06. The normalized spacial score (nSPS) is 13.8. The van der Waals surface area contributed by atoms with Crippen LogP contribution in [-0.2, 0) is 12.7 Å². The fraction of sp³-hybridized carbons (Fsp3) is 0.400. The molecule has 0 saturated carbocycles. The monoisotopic (exact) mass is 350 g/mol. The highest BCUT2D eigenvalue weighted by Gasteiger charge is 2.32. The number of benzene rings is 2. The van der Waals surface area contributed by atoms with Gasteiger partial charge in [-0.25, -0.2) is 0 Å². The Kier molecular flexibility index (Phi) is 5.59. The van der Waals surface area contributed by atoms with E-state index in [9.17, 15) is 13.2 Å². The average Bonchev–Trinajstić information content (AvgIpc) is 2.52. The number of alkyl halides is 3. The van der Waals surface area contributed by atoms with Gasteiger partial charge in [0.05, 0.1) is 5.56 Å². The van der Waals surface area contributed by atoms with Gasteiger partial charge in [-0.2, -0.15) is 13.2 Å². The molecule has 2 aromatic rings. The van der Waals surface area contributed by atoms with Crippen molar-refractivity contribution >= 4 is 0 Å². The van der Waals surface area contributed by atoms with E-state index in [0.29, 0.717) is 12.1 Å². The van der Waals surface area contributed by atoms with Gasteiger partial charge in [-0.05, 0) is 62.1 Å². The molecule has 3 N–H and O–H groups in total. The van der Waals surface area contributed by atoms with Gasteiger partial charge in [0.15, 0.2) is 0 Å². The second-order valence-corrected chi connectivity index (χ2v) is 7.32. The number of halogens is 3. The third-order valence-corrected chi connectivity index (χ3v) is 4.00. The number of hydrogen-bond acceptors (Lipinski definition) is 2. The molecule has 5 heteroatoms. The van der Waals surface area contributed by atoms with Crippen LogP contribution in [0.15, 0.2) is 42.5 Å². The smallest absolute Gasteiger partial charge is 0.326 e. The molecule has 2 rings (SSSR count). The summed E-state index contributed by atoms with van der Waals surface area (Å²) in [6, 6.07) is 11.3. The Morgan fingerprint density at radius 2 is 1.60 bits per heavy atom. The number of rotatable bonds is 4. The lowest BCUT2D eigenvalue weighted by molar-refractivity contribution is -0.137. The molecular weight excluding hydrogens is 325 g/mol. The van der Waals surface area contributed by atoms with Crippen LogP contribution >= 0.6 is 0 Å². The van der Waals surface area contributed by atoms with Crippen molar-refractivity contribution in [3.05, 3.63) is 59.2 Å². The summed E-state index contributed by atoms with van der Waals surface area (Å²) in [7, 11) is 0. The first-order valence-electron chi connectivity index (χ1n) is 8.29. The molecule has 0 amide bonds. The van der Waals surface area contributed by atoms with Crippen LogP contribution in [0.2, 0.25) is 0 Å². The highest BCUT2D eigenvalue weighted by molar-refractivity contribution is 5.69. The summed E-state index contributed by atoms with van der Waals surface area (Å²) in [4.78, 5) is 0. The van der Waals surface area contributed by atoms with E-state index >= 15 is 0 Å². The van der Waals surface area contributed by atoms with Crippen LogP contribution in [0, 0.1) is 0 Å². The van der Waals surface area contributed by atoms with Gasteiger partial charge >= 0.3 is 6.18 Å². The molecule has 2 nitrogen and oxygen atoms in total. The van der Waals surface area contributed by atoms with Gasteiger partial charge in [-0.15, -0.1) is 0 Å². The molecule has 2 aromatic carbocycles. The Morgan fingerprint density at radius 3 is 2.08 bits per heavy atom. The summed E-state index contributed by atoms with van der Waals surface area (Å²) in [6.07, 6.45) is -4.36. The van der Waals surface area contributed by atoms with E-state index in [-0.39, 0.29) is 11.6 Å². The standard InChI is InChI=1S/C20H25F3N2/c1-13(25-19(2,3)4)18-11-16(20(21,22)23)9-10-17(18)15-7-5-14(12-24)6-8-15/h5-11,13,25H,12,24H2,1-4H3. The molecule has 0 aliphatic heterocycles. The van der Waals surface area contributed by atoms with Crippen molar-refractivity contribution in [3.8, 4) is 11.1 Å². The molecule has 0 bridgehead atoms. The van der Waals surface area contributed by atoms with Crippen LogP contribution in [0.3, 0.4) is 0 Å². The van der Waals surface area contributed by atoms with Gasteiger partial charge in [0, 0.05) is 18.1 Å². The van der Waals surface area contributed by atoms with E-state index in [1.54, 1.807) is 6.07 Å². The topological polar surface area (TPSA) is 38.0 Å². The predicted octanol–water partition coefficient (Wildman–Crippen LogP) is 5.28. The fourth-order valence-electron chi connectivity index (χ4n) is 2.91. The first kappa shape index (κ1) is 19.5. The van der Waals surface area contributed by atoms with Crippen molar-refractivity contribution in [2.45, 2.75) is 52.0 Å². The quantitative estimate of drug-likeness (QED) is 0.787. The van der Waals surface area contributed by atoms with E-state index in [1.165, 1.54) is 6.07 Å². The van der Waals surface area contributed by atoms with Gasteiger partial charge in [0.1, 0.15) is 0 Å². The van der Waals surface area contributed by atoms with Crippen LogP contribution in [-0.4, -0.2) is 5.54 Å². The van der Waals surface area contributed by atoms with E-state index in [4.69, 9.17) is 5.73 Å². The molecule has 0 fully saturated rings. The predicted molar refractivity (Wildman–Crippen MR) is 96.1 cm³/mol. The Labute approximate surface area is 147 Å². The Hall–Kier alpha value is -1.85. The fourth-order valence-corrected chi connectivity index (χ4v) is 2.91. The molecule has 0 aromatic heterocycles. The lowest BCUT2D eigenvalue weighted by Crippen LogP contribution is -2.37. The Balaban J connectivity index is 2.53. The van der Waals surface area contributed by atoms with Crippen LogP contribution in [0.5, 0.6) is 0 Å². The van der Waals surface area contributed by atoms with Gasteiger partial charge in [-0.1, -0.05) is 30.3 Å². The first-order chi connectivity index (χ1) is 11.5. The second-order valence-electron chi connectivity index (χ2n) is 7.32. The molecule has 0 radical (unpaired) electrons. The minimum absolute atomic E-state index is 0.214. The zero-order chi connectivity index (χ0) is 18.8. The van der Waals surface area contributed by atoms with Crippen LogP contribution in [0.25, 0.3) is 11.1 Å². The molecular formula is C20H25F3N2. The molecule has 25 heavy (non-hydrogen) atoms. The maximum atomic E-state index is 13.2. The minimum atomic E-state index is -4.36. The molecule has 0 aliphatic carbocycles. The SMILES string of the molecule is CC(NC(C)(C)C)c1cc(C(F)(F)F)ccc1-c1ccc(CN)cc1. The summed E-state index contributed by atoms with van der Waals surface area (Å²) in [5, 5.41) is 3.36. The van der Waals surface area contributed by atoms with Crippen molar-refractivity contribution < 1.29 is 13.2 Å². The maximum absolute atomic E-state index is 13.2. The zero-order valence-corrected chi connectivity index (χ0v) is 15.0. The van der Waals surface area contributed by atoms with Crippen molar-refractivity contribution in [2.24, 2.45) is 5.73 Å². The van der Waals surface area contributed by atoms with E-state index in [0.717, 1.165) is 22.8 Å². The summed E-state index contributed by atoms with van der Waals surface area (Å²) in [6.45, 7) is 8.30. The van der Waals surface area contributed by atoms with Gasteiger partial charge in [-0.3, -0.25) is 0 Å². The van der Waals surface area contributed by atoms with Crippen molar-refractivity contribution in [3.63, 3.8) is 0 Å². The van der Waals surface area contributed by atoms with Gasteiger partial charge in [0.25, 0.3) is 0 Å². The lowest BCUT2D eigenvalue weighted by Gasteiger charge is -2.28. The number of nitrogens with two attached hydrogens (primary N) is 1. The number of hydrogen-bond donors (Lipinski definition) is 2. The third kappa shape index (κ3) is 5.06. The highest BCUT2D eigenvalue weighted by Crippen LogP contribution is 2.36. The molecule has 136 valence electrons. The average molecular weight is 350 g/mol. The Bertz CT molecular complexity index is 713. The molecule has 0 heterocycles.